The highest BCUT2D eigenvalue weighted by molar-refractivity contribution is 6.30. The SMILES string of the molecule is CC(C)(C)c1nocc1C(=O)Nc1ccc(Cl)cc1. The maximum Gasteiger partial charge on any atom is 0.260 e. The monoisotopic (exact) mass is 278 g/mol. The molecule has 0 saturated heterocycles. The first-order chi connectivity index (χ1) is 8.88. The van der Waals surface area contributed by atoms with Crippen molar-refractivity contribution in [1.29, 1.82) is 0 Å². The second kappa shape index (κ2) is 5.05. The maximum atomic E-state index is 12.2. The lowest BCUT2D eigenvalue weighted by atomic mass is 9.89. The Labute approximate surface area is 116 Å². The number of rotatable bonds is 2. The molecular formula is C14H15ClN2O2. The predicted octanol–water partition coefficient (Wildman–Crippen LogP) is 3.88. The second-order valence-corrected chi connectivity index (χ2v) is 5.72. The number of hydrogen-bond donors (Lipinski definition) is 1. The van der Waals surface area contributed by atoms with Gasteiger partial charge in [-0.15, -0.1) is 0 Å². The molecule has 100 valence electrons. The van der Waals surface area contributed by atoms with Gasteiger partial charge in [-0.25, -0.2) is 0 Å². The number of anilines is 1. The van der Waals surface area contributed by atoms with Crippen LogP contribution in [-0.2, 0) is 5.41 Å². The van der Waals surface area contributed by atoms with Crippen molar-refractivity contribution in [3.63, 3.8) is 0 Å². The molecule has 0 saturated carbocycles. The Morgan fingerprint density at radius 1 is 1.26 bits per heavy atom. The van der Waals surface area contributed by atoms with Crippen LogP contribution in [-0.4, -0.2) is 11.1 Å². The standard InChI is InChI=1S/C14H15ClN2O2/c1-14(2,3)12-11(8-19-17-12)13(18)16-10-6-4-9(15)5-7-10/h4-8H,1-3H3,(H,16,18). The van der Waals surface area contributed by atoms with Crippen molar-refractivity contribution in [2.75, 3.05) is 5.32 Å². The molecule has 0 fully saturated rings. The zero-order chi connectivity index (χ0) is 14.0. The van der Waals surface area contributed by atoms with Crippen LogP contribution in [0.5, 0.6) is 0 Å². The smallest absolute Gasteiger partial charge is 0.260 e. The van der Waals surface area contributed by atoms with Gasteiger partial charge in [0.2, 0.25) is 0 Å². The number of halogens is 1. The second-order valence-electron chi connectivity index (χ2n) is 5.29. The summed E-state index contributed by atoms with van der Waals surface area (Å²) in [6.45, 7) is 5.93. The minimum absolute atomic E-state index is 0.242. The van der Waals surface area contributed by atoms with E-state index in [4.69, 9.17) is 16.1 Å². The lowest BCUT2D eigenvalue weighted by Crippen LogP contribution is -2.20. The Morgan fingerprint density at radius 3 is 2.47 bits per heavy atom. The van der Waals surface area contributed by atoms with E-state index in [1.807, 2.05) is 20.8 Å². The van der Waals surface area contributed by atoms with Crippen molar-refractivity contribution in [3.05, 3.63) is 46.8 Å². The summed E-state index contributed by atoms with van der Waals surface area (Å²) in [4.78, 5) is 12.2. The normalized spacial score (nSPS) is 11.4. The Kier molecular flexibility index (Phi) is 3.62. The Hall–Kier alpha value is -1.81. The van der Waals surface area contributed by atoms with Gasteiger partial charge in [-0.05, 0) is 24.3 Å². The van der Waals surface area contributed by atoms with E-state index in [1.165, 1.54) is 6.26 Å². The summed E-state index contributed by atoms with van der Waals surface area (Å²) >= 11 is 5.80. The quantitative estimate of drug-likeness (QED) is 0.907. The average Bonchev–Trinajstić information content (AvgIpc) is 2.81. The molecule has 0 aliphatic rings. The molecule has 1 heterocycles. The van der Waals surface area contributed by atoms with Gasteiger partial charge in [0, 0.05) is 16.1 Å². The van der Waals surface area contributed by atoms with E-state index in [0.717, 1.165) is 0 Å². The summed E-state index contributed by atoms with van der Waals surface area (Å²) in [6.07, 6.45) is 1.37. The van der Waals surface area contributed by atoms with Crippen molar-refractivity contribution in [3.8, 4) is 0 Å². The van der Waals surface area contributed by atoms with Crippen LogP contribution in [0.4, 0.5) is 5.69 Å². The highest BCUT2D eigenvalue weighted by atomic mass is 35.5. The number of nitrogens with one attached hydrogen (secondary N) is 1. The number of nitrogens with zero attached hydrogens (tertiary/aromatic N) is 1. The van der Waals surface area contributed by atoms with E-state index in [1.54, 1.807) is 24.3 Å². The summed E-state index contributed by atoms with van der Waals surface area (Å²) in [5, 5.41) is 7.32. The van der Waals surface area contributed by atoms with Crippen LogP contribution in [0.15, 0.2) is 35.1 Å². The minimum Gasteiger partial charge on any atom is -0.364 e. The van der Waals surface area contributed by atoms with Gasteiger partial charge in [0.25, 0.3) is 5.91 Å². The summed E-state index contributed by atoms with van der Waals surface area (Å²) < 4.78 is 4.92. The highest BCUT2D eigenvalue weighted by Crippen LogP contribution is 2.25. The molecule has 0 atom stereocenters. The van der Waals surface area contributed by atoms with Gasteiger partial charge in [0.1, 0.15) is 17.5 Å². The van der Waals surface area contributed by atoms with Gasteiger partial charge in [-0.1, -0.05) is 37.5 Å². The first-order valence-corrected chi connectivity index (χ1v) is 6.27. The Morgan fingerprint density at radius 2 is 1.89 bits per heavy atom. The first kappa shape index (κ1) is 13.6. The van der Waals surface area contributed by atoms with Crippen LogP contribution in [0.3, 0.4) is 0 Å². The number of benzene rings is 1. The molecule has 4 nitrogen and oxygen atoms in total. The van der Waals surface area contributed by atoms with Crippen molar-refractivity contribution in [1.82, 2.24) is 5.16 Å². The van der Waals surface area contributed by atoms with Gasteiger partial charge in [0.15, 0.2) is 0 Å². The topological polar surface area (TPSA) is 55.1 Å². The van der Waals surface area contributed by atoms with E-state index in [0.29, 0.717) is 22.0 Å². The van der Waals surface area contributed by atoms with Gasteiger partial charge in [-0.2, -0.15) is 0 Å². The zero-order valence-corrected chi connectivity index (χ0v) is 11.8. The van der Waals surface area contributed by atoms with Crippen LogP contribution in [0, 0.1) is 0 Å². The van der Waals surface area contributed by atoms with Crippen molar-refractivity contribution >= 4 is 23.2 Å². The fraction of sp³-hybridized carbons (Fsp3) is 0.286. The fourth-order valence-corrected chi connectivity index (χ4v) is 1.80. The molecule has 5 heteroatoms. The van der Waals surface area contributed by atoms with E-state index < -0.39 is 0 Å². The predicted molar refractivity (Wildman–Crippen MR) is 74.6 cm³/mol. The van der Waals surface area contributed by atoms with E-state index in [2.05, 4.69) is 10.5 Å². The molecular weight excluding hydrogens is 264 g/mol. The largest absolute Gasteiger partial charge is 0.364 e. The zero-order valence-electron chi connectivity index (χ0n) is 11.0. The lowest BCUT2D eigenvalue weighted by Gasteiger charge is -2.16. The van der Waals surface area contributed by atoms with E-state index >= 15 is 0 Å². The average molecular weight is 279 g/mol. The molecule has 0 bridgehead atoms. The molecule has 2 aromatic rings. The van der Waals surface area contributed by atoms with Gasteiger partial charge in [0.05, 0.1) is 0 Å². The van der Waals surface area contributed by atoms with E-state index in [-0.39, 0.29) is 11.3 Å². The summed E-state index contributed by atoms with van der Waals surface area (Å²) in [5.74, 6) is -0.242. The van der Waals surface area contributed by atoms with Crippen molar-refractivity contribution in [2.45, 2.75) is 26.2 Å². The van der Waals surface area contributed by atoms with Crippen LogP contribution in [0.1, 0.15) is 36.8 Å². The third kappa shape index (κ3) is 3.15. The number of carbonyl (C=O) groups excluding carboxylic acids is 1. The number of amides is 1. The number of hydrogen-bond acceptors (Lipinski definition) is 3. The Balaban J connectivity index is 2.21. The van der Waals surface area contributed by atoms with Gasteiger partial charge < -0.3 is 9.84 Å². The molecule has 2 rings (SSSR count). The third-order valence-corrected chi connectivity index (χ3v) is 2.88. The number of carbonyl (C=O) groups is 1. The number of aromatic nitrogens is 1. The molecule has 0 aliphatic carbocycles. The fourth-order valence-electron chi connectivity index (χ4n) is 1.67. The Bertz CT molecular complexity index is 582. The summed E-state index contributed by atoms with van der Waals surface area (Å²) in [5.41, 5.74) is 1.51. The minimum atomic E-state index is -0.250. The van der Waals surface area contributed by atoms with Crippen LogP contribution in [0.25, 0.3) is 0 Å². The molecule has 0 radical (unpaired) electrons. The van der Waals surface area contributed by atoms with Gasteiger partial charge in [-0.3, -0.25) is 4.79 Å². The van der Waals surface area contributed by atoms with Crippen LogP contribution >= 0.6 is 11.6 Å². The molecule has 1 amide bonds. The summed E-state index contributed by atoms with van der Waals surface area (Å²) in [6, 6.07) is 6.92. The van der Waals surface area contributed by atoms with Crippen LogP contribution in [0.2, 0.25) is 5.02 Å². The van der Waals surface area contributed by atoms with Crippen molar-refractivity contribution < 1.29 is 9.32 Å². The lowest BCUT2D eigenvalue weighted by molar-refractivity contribution is 0.102. The third-order valence-electron chi connectivity index (χ3n) is 2.63. The molecule has 19 heavy (non-hydrogen) atoms. The summed E-state index contributed by atoms with van der Waals surface area (Å²) in [7, 11) is 0. The van der Waals surface area contributed by atoms with Gasteiger partial charge >= 0.3 is 0 Å². The maximum absolute atomic E-state index is 12.2. The molecule has 0 spiro atoms. The van der Waals surface area contributed by atoms with E-state index in [9.17, 15) is 4.79 Å². The molecule has 0 aliphatic heterocycles. The first-order valence-electron chi connectivity index (χ1n) is 5.90. The van der Waals surface area contributed by atoms with Crippen LogP contribution < -0.4 is 5.32 Å². The highest BCUT2D eigenvalue weighted by Gasteiger charge is 2.26. The molecule has 1 aromatic carbocycles. The molecule has 1 N–H and O–H groups in total. The molecule has 1 aromatic heterocycles. The molecule has 0 unspecified atom stereocenters. The van der Waals surface area contributed by atoms with Crippen molar-refractivity contribution in [2.24, 2.45) is 0 Å².